The summed E-state index contributed by atoms with van der Waals surface area (Å²) in [7, 11) is 0. The summed E-state index contributed by atoms with van der Waals surface area (Å²) in [5.74, 6) is 0.00383. The molecule has 0 aliphatic heterocycles. The van der Waals surface area contributed by atoms with Crippen LogP contribution in [-0.4, -0.2) is 27.8 Å². The number of phenols is 1. The van der Waals surface area contributed by atoms with E-state index in [0.29, 0.717) is 21.2 Å². The number of phenolic OH excluding ortho intramolecular Hbond substituents is 1. The normalized spacial score (nSPS) is 10.9. The molecule has 0 fully saturated rings. The SMILES string of the molecule is Cc1cc(/C=N/NC(=S)Nc2cccc(Cl)c2)c(O)c(/C=N/NC(=S)Nc2cccc(Cl)c2)c1. The molecule has 0 amide bonds. The second kappa shape index (κ2) is 12.3. The van der Waals surface area contributed by atoms with Gasteiger partial charge in [-0.1, -0.05) is 35.3 Å². The average molecular weight is 531 g/mol. The van der Waals surface area contributed by atoms with E-state index in [4.69, 9.17) is 47.6 Å². The highest BCUT2D eigenvalue weighted by molar-refractivity contribution is 7.80. The molecular weight excluding hydrogens is 511 g/mol. The van der Waals surface area contributed by atoms with Crippen molar-refractivity contribution in [1.82, 2.24) is 10.9 Å². The zero-order valence-corrected chi connectivity index (χ0v) is 21.0. The zero-order valence-electron chi connectivity index (χ0n) is 17.8. The minimum atomic E-state index is 0.00383. The quantitative estimate of drug-likeness (QED) is 0.160. The molecule has 0 aliphatic rings. The zero-order chi connectivity index (χ0) is 24.5. The molecule has 0 unspecified atom stereocenters. The summed E-state index contributed by atoms with van der Waals surface area (Å²) in [5.41, 5.74) is 8.74. The molecule has 0 aromatic heterocycles. The topological polar surface area (TPSA) is 93.1 Å². The third-order valence-electron chi connectivity index (χ3n) is 4.22. The number of rotatable bonds is 6. The van der Waals surface area contributed by atoms with Crippen LogP contribution in [0.3, 0.4) is 0 Å². The maximum atomic E-state index is 10.6. The van der Waals surface area contributed by atoms with Gasteiger partial charge >= 0.3 is 0 Å². The van der Waals surface area contributed by atoms with Crippen LogP contribution in [0.1, 0.15) is 16.7 Å². The van der Waals surface area contributed by atoms with Crippen LogP contribution in [0.2, 0.25) is 10.0 Å². The third kappa shape index (κ3) is 7.96. The first-order chi connectivity index (χ1) is 16.3. The Morgan fingerprint density at radius 1 is 0.794 bits per heavy atom. The molecule has 3 aromatic carbocycles. The third-order valence-corrected chi connectivity index (χ3v) is 5.07. The van der Waals surface area contributed by atoms with Crippen molar-refractivity contribution in [2.75, 3.05) is 10.6 Å². The van der Waals surface area contributed by atoms with E-state index >= 15 is 0 Å². The molecule has 7 nitrogen and oxygen atoms in total. The molecule has 0 saturated heterocycles. The number of nitrogens with one attached hydrogen (secondary N) is 4. The molecule has 0 aliphatic carbocycles. The van der Waals surface area contributed by atoms with Crippen molar-refractivity contribution in [3.63, 3.8) is 0 Å². The molecule has 0 bridgehead atoms. The Bertz CT molecular complexity index is 1170. The largest absolute Gasteiger partial charge is 0.507 e. The molecule has 3 rings (SSSR count). The molecule has 34 heavy (non-hydrogen) atoms. The van der Waals surface area contributed by atoms with Crippen LogP contribution in [0, 0.1) is 6.92 Å². The van der Waals surface area contributed by atoms with E-state index in [1.54, 1.807) is 48.5 Å². The Morgan fingerprint density at radius 3 is 1.65 bits per heavy atom. The lowest BCUT2D eigenvalue weighted by molar-refractivity contribution is 0.473. The van der Waals surface area contributed by atoms with Crippen LogP contribution in [-0.2, 0) is 0 Å². The molecule has 0 atom stereocenters. The van der Waals surface area contributed by atoms with Gasteiger partial charge in [0, 0.05) is 32.5 Å². The van der Waals surface area contributed by atoms with Crippen LogP contribution >= 0.6 is 47.6 Å². The van der Waals surface area contributed by atoms with Crippen molar-refractivity contribution in [1.29, 1.82) is 0 Å². The Kier molecular flexibility index (Phi) is 9.17. The van der Waals surface area contributed by atoms with Crippen LogP contribution < -0.4 is 21.5 Å². The summed E-state index contributed by atoms with van der Waals surface area (Å²) in [6.07, 6.45) is 2.93. The summed E-state index contributed by atoms with van der Waals surface area (Å²) in [6, 6.07) is 17.8. The van der Waals surface area contributed by atoms with Crippen LogP contribution in [0.15, 0.2) is 70.9 Å². The van der Waals surface area contributed by atoms with E-state index in [2.05, 4.69) is 31.7 Å². The number of aromatic hydroxyl groups is 1. The Morgan fingerprint density at radius 2 is 1.24 bits per heavy atom. The summed E-state index contributed by atoms with van der Waals surface area (Å²) in [4.78, 5) is 0. The maximum Gasteiger partial charge on any atom is 0.191 e. The van der Waals surface area contributed by atoms with E-state index in [1.807, 2.05) is 19.1 Å². The fourth-order valence-electron chi connectivity index (χ4n) is 2.80. The van der Waals surface area contributed by atoms with Gasteiger partial charge in [-0.25, -0.2) is 0 Å². The molecule has 0 heterocycles. The van der Waals surface area contributed by atoms with Gasteiger partial charge in [-0.3, -0.25) is 10.9 Å². The van der Waals surface area contributed by atoms with Gasteiger partial charge in [-0.05, 0) is 85.5 Å². The second-order valence-corrected chi connectivity index (χ2v) is 8.65. The van der Waals surface area contributed by atoms with E-state index in [-0.39, 0.29) is 16.0 Å². The predicted octanol–water partition coefficient (Wildman–Crippen LogP) is 5.65. The van der Waals surface area contributed by atoms with Gasteiger partial charge in [-0.15, -0.1) is 0 Å². The minimum Gasteiger partial charge on any atom is -0.507 e. The molecule has 0 radical (unpaired) electrons. The molecule has 174 valence electrons. The number of nitrogens with zero attached hydrogens (tertiary/aromatic N) is 2. The number of hydrogen-bond donors (Lipinski definition) is 5. The predicted molar refractivity (Wildman–Crippen MR) is 150 cm³/mol. The van der Waals surface area contributed by atoms with Gasteiger partial charge in [0.05, 0.1) is 12.4 Å². The number of anilines is 2. The van der Waals surface area contributed by atoms with Gasteiger partial charge in [0.1, 0.15) is 5.75 Å². The summed E-state index contributed by atoms with van der Waals surface area (Å²) >= 11 is 22.4. The monoisotopic (exact) mass is 530 g/mol. The van der Waals surface area contributed by atoms with E-state index in [0.717, 1.165) is 16.9 Å². The van der Waals surface area contributed by atoms with Crippen molar-refractivity contribution in [3.8, 4) is 5.75 Å². The second-order valence-electron chi connectivity index (χ2n) is 6.96. The van der Waals surface area contributed by atoms with Crippen molar-refractivity contribution in [2.24, 2.45) is 10.2 Å². The lowest BCUT2D eigenvalue weighted by atomic mass is 10.1. The van der Waals surface area contributed by atoms with Crippen LogP contribution in [0.5, 0.6) is 5.75 Å². The highest BCUT2D eigenvalue weighted by atomic mass is 35.5. The number of benzene rings is 3. The Balaban J connectivity index is 1.60. The lowest BCUT2D eigenvalue weighted by Gasteiger charge is -2.09. The number of aryl methyl sites for hydroxylation is 1. The van der Waals surface area contributed by atoms with E-state index < -0.39 is 0 Å². The lowest BCUT2D eigenvalue weighted by Crippen LogP contribution is -2.24. The standard InChI is InChI=1S/C23H20Cl2N6OS2/c1-14-8-15(12-26-30-22(33)28-19-6-2-4-17(24)10-19)21(32)16(9-14)13-27-31-23(34)29-20-7-3-5-18(25)11-20/h2-13,32H,1H3,(H2,28,30,33)(H2,29,31,34)/b26-12+,27-13+. The fourth-order valence-corrected chi connectivity index (χ4v) is 3.53. The molecule has 5 N–H and O–H groups in total. The van der Waals surface area contributed by atoms with Gasteiger partial charge in [0.2, 0.25) is 0 Å². The molecule has 3 aromatic rings. The van der Waals surface area contributed by atoms with E-state index in [1.165, 1.54) is 12.4 Å². The molecular formula is C23H20Cl2N6OS2. The maximum absolute atomic E-state index is 10.6. The first kappa shape index (κ1) is 25.4. The summed E-state index contributed by atoms with van der Waals surface area (Å²) in [6.45, 7) is 1.89. The molecule has 11 heteroatoms. The molecule has 0 saturated carbocycles. The summed E-state index contributed by atoms with van der Waals surface area (Å²) < 4.78 is 0. The Hall–Kier alpha value is -3.24. The average Bonchev–Trinajstić information content (AvgIpc) is 2.76. The van der Waals surface area contributed by atoms with Crippen molar-refractivity contribution >= 4 is 81.7 Å². The fraction of sp³-hybridized carbons (Fsp3) is 0.0435. The smallest absolute Gasteiger partial charge is 0.191 e. The number of thiocarbonyl (C=S) groups is 2. The first-order valence-corrected chi connectivity index (χ1v) is 11.4. The number of hydrazone groups is 2. The van der Waals surface area contributed by atoms with Crippen molar-refractivity contribution < 1.29 is 5.11 Å². The van der Waals surface area contributed by atoms with Gasteiger partial charge in [0.15, 0.2) is 10.2 Å². The van der Waals surface area contributed by atoms with Crippen LogP contribution in [0.4, 0.5) is 11.4 Å². The Labute approximate surface area is 217 Å². The highest BCUT2D eigenvalue weighted by Crippen LogP contribution is 2.22. The van der Waals surface area contributed by atoms with Crippen molar-refractivity contribution in [2.45, 2.75) is 6.92 Å². The first-order valence-electron chi connectivity index (χ1n) is 9.85. The van der Waals surface area contributed by atoms with Gasteiger partial charge < -0.3 is 15.7 Å². The highest BCUT2D eigenvalue weighted by Gasteiger charge is 2.06. The number of halogens is 2. The summed E-state index contributed by atoms with van der Waals surface area (Å²) in [5, 5.41) is 26.5. The van der Waals surface area contributed by atoms with E-state index in [9.17, 15) is 5.11 Å². The van der Waals surface area contributed by atoms with Gasteiger partial charge in [0.25, 0.3) is 0 Å². The van der Waals surface area contributed by atoms with Crippen LogP contribution in [0.25, 0.3) is 0 Å². The van der Waals surface area contributed by atoms with Gasteiger partial charge in [-0.2, -0.15) is 10.2 Å². The molecule has 0 spiro atoms. The van der Waals surface area contributed by atoms with Crippen molar-refractivity contribution in [3.05, 3.63) is 87.4 Å². The number of hydrogen-bond acceptors (Lipinski definition) is 5. The minimum absolute atomic E-state index is 0.00383.